The highest BCUT2D eigenvalue weighted by molar-refractivity contribution is 6.32. The van der Waals surface area contributed by atoms with E-state index in [0.29, 0.717) is 22.2 Å². The number of methoxy groups -OCH3 is 2. The highest BCUT2D eigenvalue weighted by Gasteiger charge is 2.25. The number of halogens is 1. The van der Waals surface area contributed by atoms with Crippen molar-refractivity contribution in [3.05, 3.63) is 17.2 Å². The Labute approximate surface area is 134 Å². The lowest BCUT2D eigenvalue weighted by atomic mass is 9.85. The van der Waals surface area contributed by atoms with Gasteiger partial charge in [-0.1, -0.05) is 18.0 Å². The lowest BCUT2D eigenvalue weighted by Gasteiger charge is -2.23. The van der Waals surface area contributed by atoms with Crippen LogP contribution in [0.25, 0.3) is 0 Å². The molecule has 2 rings (SSSR count). The van der Waals surface area contributed by atoms with Crippen molar-refractivity contribution in [2.75, 3.05) is 26.1 Å². The van der Waals surface area contributed by atoms with Crippen molar-refractivity contribution in [1.82, 2.24) is 5.32 Å². The first-order valence-corrected chi connectivity index (χ1v) is 7.42. The van der Waals surface area contributed by atoms with Crippen LogP contribution in [0.5, 0.6) is 11.5 Å². The molecule has 22 heavy (non-hydrogen) atoms. The molecule has 1 aromatic rings. The summed E-state index contributed by atoms with van der Waals surface area (Å²) in [5.74, 6) is 0.496. The van der Waals surface area contributed by atoms with E-state index in [2.05, 4.69) is 10.6 Å². The quantitative estimate of drug-likeness (QED) is 0.840. The van der Waals surface area contributed by atoms with E-state index in [1.54, 1.807) is 12.1 Å². The number of hydrogen-bond acceptors (Lipinski definition) is 4. The molecule has 0 saturated heterocycles. The molecule has 1 aliphatic carbocycles. The van der Waals surface area contributed by atoms with Crippen molar-refractivity contribution in [3.63, 3.8) is 0 Å². The summed E-state index contributed by atoms with van der Waals surface area (Å²) in [5.41, 5.74) is 0.437. The van der Waals surface area contributed by atoms with Gasteiger partial charge in [0, 0.05) is 18.1 Å². The minimum atomic E-state index is -0.338. The molecule has 0 radical (unpaired) electrons. The van der Waals surface area contributed by atoms with Crippen LogP contribution in [0.2, 0.25) is 5.02 Å². The number of hydrogen-bond donors (Lipinski definition) is 2. The molecule has 1 aliphatic rings. The van der Waals surface area contributed by atoms with Gasteiger partial charge >= 0.3 is 0 Å². The van der Waals surface area contributed by atoms with Gasteiger partial charge < -0.3 is 20.1 Å². The summed E-state index contributed by atoms with van der Waals surface area (Å²) in [5, 5.41) is 5.69. The van der Waals surface area contributed by atoms with E-state index >= 15 is 0 Å². The molecule has 7 heteroatoms. The fraction of sp³-hybridized carbons (Fsp3) is 0.467. The van der Waals surface area contributed by atoms with E-state index in [0.717, 1.165) is 19.3 Å². The molecule has 0 bridgehead atoms. The molecule has 1 saturated carbocycles. The first-order valence-electron chi connectivity index (χ1n) is 7.04. The van der Waals surface area contributed by atoms with Crippen molar-refractivity contribution in [3.8, 4) is 11.5 Å². The maximum Gasteiger partial charge on any atom is 0.243 e. The summed E-state index contributed by atoms with van der Waals surface area (Å²) in [7, 11) is 2.96. The van der Waals surface area contributed by atoms with E-state index in [4.69, 9.17) is 21.1 Å². The minimum Gasteiger partial charge on any atom is -0.495 e. The Bertz CT molecular complexity index is 573. The lowest BCUT2D eigenvalue weighted by Crippen LogP contribution is -2.39. The second-order valence-electron chi connectivity index (χ2n) is 5.08. The number of anilines is 1. The summed E-state index contributed by atoms with van der Waals surface area (Å²) < 4.78 is 10.3. The van der Waals surface area contributed by atoms with Gasteiger partial charge in [0.2, 0.25) is 11.8 Å². The number of carbonyl (C=O) groups is 2. The minimum absolute atomic E-state index is 0.0537. The smallest absolute Gasteiger partial charge is 0.243 e. The third-order valence-electron chi connectivity index (χ3n) is 3.65. The van der Waals surface area contributed by atoms with Crippen molar-refractivity contribution in [2.45, 2.75) is 19.3 Å². The molecule has 6 nitrogen and oxygen atoms in total. The van der Waals surface area contributed by atoms with E-state index in [1.807, 2.05) is 0 Å². The summed E-state index contributed by atoms with van der Waals surface area (Å²) in [6.07, 6.45) is 2.87. The molecule has 0 atom stereocenters. The Hall–Kier alpha value is -1.95. The molecule has 1 aromatic carbocycles. The van der Waals surface area contributed by atoms with Gasteiger partial charge in [-0.2, -0.15) is 0 Å². The van der Waals surface area contributed by atoms with E-state index in [9.17, 15) is 9.59 Å². The molecule has 0 aromatic heterocycles. The maximum atomic E-state index is 11.9. The average molecular weight is 327 g/mol. The van der Waals surface area contributed by atoms with Crippen molar-refractivity contribution >= 4 is 29.1 Å². The van der Waals surface area contributed by atoms with Gasteiger partial charge in [-0.3, -0.25) is 9.59 Å². The van der Waals surface area contributed by atoms with E-state index < -0.39 is 0 Å². The SMILES string of the molecule is COc1cc(NC(=O)CNC(=O)C2CCC2)c(OC)cc1Cl. The Morgan fingerprint density at radius 1 is 1.23 bits per heavy atom. The van der Waals surface area contributed by atoms with Crippen LogP contribution in [0.3, 0.4) is 0 Å². The normalized spacial score (nSPS) is 14.0. The third kappa shape index (κ3) is 3.82. The first-order chi connectivity index (χ1) is 10.5. The van der Waals surface area contributed by atoms with Gasteiger partial charge in [-0.05, 0) is 12.8 Å². The standard InChI is InChI=1S/C15H19ClN2O4/c1-21-12-7-11(13(22-2)6-10(12)16)18-14(19)8-17-15(20)9-4-3-5-9/h6-7,9H,3-5,8H2,1-2H3,(H,17,20)(H,18,19). The van der Waals surface area contributed by atoms with Crippen molar-refractivity contribution in [2.24, 2.45) is 5.92 Å². The fourth-order valence-corrected chi connectivity index (χ4v) is 2.37. The van der Waals surface area contributed by atoms with E-state index in [1.165, 1.54) is 14.2 Å². The topological polar surface area (TPSA) is 76.7 Å². The van der Waals surface area contributed by atoms with E-state index in [-0.39, 0.29) is 24.3 Å². The van der Waals surface area contributed by atoms with Crippen LogP contribution in [0.4, 0.5) is 5.69 Å². The molecule has 2 N–H and O–H groups in total. The van der Waals surface area contributed by atoms with Gasteiger partial charge in [-0.25, -0.2) is 0 Å². The Morgan fingerprint density at radius 2 is 1.91 bits per heavy atom. The van der Waals surface area contributed by atoms with Crippen LogP contribution in [0, 0.1) is 5.92 Å². The Kier molecular flexibility index (Phi) is 5.49. The highest BCUT2D eigenvalue weighted by Crippen LogP contribution is 2.35. The first kappa shape index (κ1) is 16.4. The fourth-order valence-electron chi connectivity index (χ4n) is 2.13. The highest BCUT2D eigenvalue weighted by atomic mass is 35.5. The molecule has 0 heterocycles. The van der Waals surface area contributed by atoms with Crippen molar-refractivity contribution in [1.29, 1.82) is 0 Å². The van der Waals surface area contributed by atoms with Crippen LogP contribution >= 0.6 is 11.6 Å². The maximum absolute atomic E-state index is 11.9. The number of carbonyl (C=O) groups excluding carboxylic acids is 2. The number of benzene rings is 1. The number of ether oxygens (including phenoxy) is 2. The second-order valence-corrected chi connectivity index (χ2v) is 5.49. The van der Waals surface area contributed by atoms with Crippen LogP contribution in [0.1, 0.15) is 19.3 Å². The van der Waals surface area contributed by atoms with Crippen LogP contribution in [-0.4, -0.2) is 32.6 Å². The molecule has 2 amide bonds. The summed E-state index contributed by atoms with van der Waals surface area (Å²) in [6.45, 7) is -0.0799. The lowest BCUT2D eigenvalue weighted by molar-refractivity contribution is -0.129. The van der Waals surface area contributed by atoms with Gasteiger partial charge in [0.25, 0.3) is 0 Å². The molecule has 120 valence electrons. The predicted octanol–water partition coefficient (Wildman–Crippen LogP) is 2.21. The molecule has 0 aliphatic heterocycles. The average Bonchev–Trinajstić information content (AvgIpc) is 2.44. The number of nitrogens with one attached hydrogen (secondary N) is 2. The molecule has 0 spiro atoms. The van der Waals surface area contributed by atoms with Gasteiger partial charge in [0.15, 0.2) is 0 Å². The number of rotatable bonds is 6. The zero-order valence-electron chi connectivity index (χ0n) is 12.6. The Balaban J connectivity index is 1.96. The zero-order valence-corrected chi connectivity index (χ0v) is 13.3. The van der Waals surface area contributed by atoms with Gasteiger partial charge in [-0.15, -0.1) is 0 Å². The summed E-state index contributed by atoms with van der Waals surface area (Å²) >= 11 is 6.00. The third-order valence-corrected chi connectivity index (χ3v) is 3.94. The Morgan fingerprint density at radius 3 is 2.45 bits per heavy atom. The molecular weight excluding hydrogens is 308 g/mol. The van der Waals surface area contributed by atoms with Crippen LogP contribution in [0.15, 0.2) is 12.1 Å². The zero-order chi connectivity index (χ0) is 16.1. The molecule has 1 fully saturated rings. The largest absolute Gasteiger partial charge is 0.495 e. The second kappa shape index (κ2) is 7.35. The number of amides is 2. The van der Waals surface area contributed by atoms with Crippen LogP contribution < -0.4 is 20.1 Å². The van der Waals surface area contributed by atoms with Crippen molar-refractivity contribution < 1.29 is 19.1 Å². The molecule has 0 unspecified atom stereocenters. The summed E-state index contributed by atoms with van der Waals surface area (Å²) in [4.78, 5) is 23.6. The predicted molar refractivity (Wildman–Crippen MR) is 83.5 cm³/mol. The molecular formula is C15H19ClN2O4. The summed E-state index contributed by atoms with van der Waals surface area (Å²) in [6, 6.07) is 3.13. The van der Waals surface area contributed by atoms with Gasteiger partial charge in [0.05, 0.1) is 31.5 Å². The van der Waals surface area contributed by atoms with Gasteiger partial charge in [0.1, 0.15) is 11.5 Å². The van der Waals surface area contributed by atoms with Crippen LogP contribution in [-0.2, 0) is 9.59 Å². The monoisotopic (exact) mass is 326 g/mol.